The number of fused-ring (bicyclic) bond motifs is 1. The molecular formula is C29H31FN4. The lowest BCUT2D eigenvalue weighted by atomic mass is 9.93. The van der Waals surface area contributed by atoms with E-state index in [9.17, 15) is 0 Å². The van der Waals surface area contributed by atoms with Gasteiger partial charge in [-0.15, -0.1) is 0 Å². The van der Waals surface area contributed by atoms with Gasteiger partial charge in [0.15, 0.2) is 5.82 Å². The predicted molar refractivity (Wildman–Crippen MR) is 139 cm³/mol. The molecule has 0 saturated heterocycles. The van der Waals surface area contributed by atoms with E-state index in [0.717, 1.165) is 41.4 Å². The SMILES string of the molecule is Cc1ccccc1-c1c(F)c2c(C=N)c(N)ccc2n1Cc1ccc(CCNC2CCC2)cc1. The number of rotatable bonds is 8. The second kappa shape index (κ2) is 9.43. The molecule has 4 N–H and O–H groups in total. The van der Waals surface area contributed by atoms with E-state index in [1.165, 1.54) is 24.8 Å². The first kappa shape index (κ1) is 22.4. The van der Waals surface area contributed by atoms with Crippen LogP contribution in [0, 0.1) is 18.2 Å². The topological polar surface area (TPSA) is 66.8 Å². The zero-order valence-electron chi connectivity index (χ0n) is 19.6. The van der Waals surface area contributed by atoms with Gasteiger partial charge in [-0.1, -0.05) is 55.0 Å². The third kappa shape index (κ3) is 4.12. The van der Waals surface area contributed by atoms with Crippen molar-refractivity contribution >= 4 is 22.8 Å². The lowest BCUT2D eigenvalue weighted by molar-refractivity contribution is 0.342. The van der Waals surface area contributed by atoms with Gasteiger partial charge in [0.05, 0.1) is 11.2 Å². The molecule has 34 heavy (non-hydrogen) atoms. The number of halogens is 1. The van der Waals surface area contributed by atoms with Gasteiger partial charge < -0.3 is 21.0 Å². The number of benzene rings is 3. The van der Waals surface area contributed by atoms with Crippen LogP contribution in [0.2, 0.25) is 0 Å². The Kier molecular flexibility index (Phi) is 6.20. The Morgan fingerprint density at radius 1 is 1.06 bits per heavy atom. The predicted octanol–water partition coefficient (Wildman–Crippen LogP) is 6.07. The van der Waals surface area contributed by atoms with E-state index in [2.05, 4.69) is 29.6 Å². The van der Waals surface area contributed by atoms with Crippen molar-refractivity contribution < 1.29 is 4.39 Å². The zero-order chi connectivity index (χ0) is 23.7. The first-order valence-electron chi connectivity index (χ1n) is 12.0. The fourth-order valence-corrected chi connectivity index (χ4v) is 4.89. The average Bonchev–Trinajstić information content (AvgIpc) is 3.08. The fraction of sp³-hybridized carbons (Fsp3) is 0.276. The number of nitrogen functional groups attached to an aromatic ring is 1. The van der Waals surface area contributed by atoms with E-state index in [-0.39, 0.29) is 5.82 Å². The van der Waals surface area contributed by atoms with Crippen LogP contribution in [0.25, 0.3) is 22.2 Å². The van der Waals surface area contributed by atoms with Crippen LogP contribution in [0.4, 0.5) is 10.1 Å². The highest BCUT2D eigenvalue weighted by molar-refractivity contribution is 6.05. The average molecular weight is 455 g/mol. The summed E-state index contributed by atoms with van der Waals surface area (Å²) in [5, 5.41) is 11.9. The Hall–Kier alpha value is -3.44. The first-order chi connectivity index (χ1) is 16.6. The summed E-state index contributed by atoms with van der Waals surface area (Å²) in [7, 11) is 0. The monoisotopic (exact) mass is 454 g/mol. The molecule has 0 bridgehead atoms. The highest BCUT2D eigenvalue weighted by Crippen LogP contribution is 2.37. The van der Waals surface area contributed by atoms with Crippen LogP contribution in [-0.2, 0) is 13.0 Å². The molecule has 1 fully saturated rings. The number of hydrogen-bond acceptors (Lipinski definition) is 3. The van der Waals surface area contributed by atoms with Gasteiger partial charge in [-0.05, 0) is 61.6 Å². The van der Waals surface area contributed by atoms with Gasteiger partial charge in [0.2, 0.25) is 0 Å². The summed E-state index contributed by atoms with van der Waals surface area (Å²) in [6.45, 7) is 3.53. The van der Waals surface area contributed by atoms with Crippen LogP contribution in [0.3, 0.4) is 0 Å². The smallest absolute Gasteiger partial charge is 0.157 e. The number of nitrogens with two attached hydrogens (primary N) is 1. The molecule has 0 unspecified atom stereocenters. The summed E-state index contributed by atoms with van der Waals surface area (Å²) < 4.78 is 18.0. The van der Waals surface area contributed by atoms with Crippen LogP contribution < -0.4 is 11.1 Å². The summed E-state index contributed by atoms with van der Waals surface area (Å²) in [5.41, 5.74) is 12.5. The third-order valence-corrected chi connectivity index (χ3v) is 7.11. The van der Waals surface area contributed by atoms with E-state index in [1.807, 2.05) is 41.8 Å². The highest BCUT2D eigenvalue weighted by Gasteiger charge is 2.23. The Balaban J connectivity index is 1.51. The van der Waals surface area contributed by atoms with Crippen LogP contribution in [0.15, 0.2) is 60.7 Å². The largest absolute Gasteiger partial charge is 0.398 e. The molecule has 174 valence electrons. The lowest BCUT2D eigenvalue weighted by Crippen LogP contribution is -2.36. The molecule has 1 aliphatic carbocycles. The summed E-state index contributed by atoms with van der Waals surface area (Å²) in [4.78, 5) is 0. The number of hydrogen-bond donors (Lipinski definition) is 3. The fourth-order valence-electron chi connectivity index (χ4n) is 4.89. The van der Waals surface area contributed by atoms with Crippen molar-refractivity contribution in [1.29, 1.82) is 5.41 Å². The van der Waals surface area contributed by atoms with E-state index in [4.69, 9.17) is 11.1 Å². The van der Waals surface area contributed by atoms with E-state index >= 15 is 4.39 Å². The van der Waals surface area contributed by atoms with E-state index in [0.29, 0.717) is 34.9 Å². The number of anilines is 1. The van der Waals surface area contributed by atoms with Gasteiger partial charge in [0, 0.05) is 41.0 Å². The van der Waals surface area contributed by atoms with Crippen LogP contribution >= 0.6 is 0 Å². The minimum atomic E-state index is -0.325. The molecule has 0 radical (unpaired) electrons. The maximum atomic E-state index is 16.0. The van der Waals surface area contributed by atoms with Crippen molar-refractivity contribution in [2.45, 2.75) is 45.2 Å². The normalized spacial score (nSPS) is 13.8. The molecule has 1 saturated carbocycles. The first-order valence-corrected chi connectivity index (χ1v) is 12.0. The molecule has 0 spiro atoms. The molecule has 3 aromatic carbocycles. The Bertz CT molecular complexity index is 1330. The van der Waals surface area contributed by atoms with Gasteiger partial charge >= 0.3 is 0 Å². The molecule has 1 aliphatic rings. The molecule has 5 rings (SSSR count). The molecule has 0 amide bonds. The second-order valence-corrected chi connectivity index (χ2v) is 9.32. The summed E-state index contributed by atoms with van der Waals surface area (Å²) >= 11 is 0. The molecule has 1 heterocycles. The Morgan fingerprint density at radius 3 is 2.47 bits per heavy atom. The summed E-state index contributed by atoms with van der Waals surface area (Å²) in [6.07, 6.45) is 6.11. The number of nitrogens with zero attached hydrogens (tertiary/aromatic N) is 1. The van der Waals surface area contributed by atoms with Gasteiger partial charge in [0.1, 0.15) is 0 Å². The Labute approximate surface area is 200 Å². The van der Waals surface area contributed by atoms with Crippen molar-refractivity contribution in [1.82, 2.24) is 9.88 Å². The van der Waals surface area contributed by atoms with Crippen molar-refractivity contribution in [2.24, 2.45) is 0 Å². The number of nitrogens with one attached hydrogen (secondary N) is 2. The summed E-state index contributed by atoms with van der Waals surface area (Å²) in [5.74, 6) is -0.325. The maximum Gasteiger partial charge on any atom is 0.157 e. The van der Waals surface area contributed by atoms with Gasteiger partial charge in [-0.2, -0.15) is 0 Å². The summed E-state index contributed by atoms with van der Waals surface area (Å²) in [6, 6.07) is 20.8. The van der Waals surface area contributed by atoms with Gasteiger partial charge in [-0.3, -0.25) is 0 Å². The van der Waals surface area contributed by atoms with Crippen LogP contribution in [0.5, 0.6) is 0 Å². The number of aromatic nitrogens is 1. The highest BCUT2D eigenvalue weighted by atomic mass is 19.1. The standard InChI is InChI=1S/C29H31FN4/c1-19-5-2-3-8-23(19)29-28(30)27-24(17-31)25(32)13-14-26(27)34(29)18-21-11-9-20(10-12-21)15-16-33-22-6-4-7-22/h2-3,5,8-14,17,22,31,33H,4,6-7,15-16,18,32H2,1H3. The van der Waals surface area contributed by atoms with Crippen LogP contribution in [0.1, 0.15) is 41.5 Å². The molecule has 5 heteroatoms. The second-order valence-electron chi connectivity index (χ2n) is 9.32. The minimum Gasteiger partial charge on any atom is -0.398 e. The quantitative estimate of drug-likeness (QED) is 0.223. The van der Waals surface area contributed by atoms with Gasteiger partial charge in [-0.25, -0.2) is 4.39 Å². The molecule has 0 atom stereocenters. The third-order valence-electron chi connectivity index (χ3n) is 7.11. The van der Waals surface area contributed by atoms with Gasteiger partial charge in [0.25, 0.3) is 0 Å². The molecule has 0 aliphatic heterocycles. The van der Waals surface area contributed by atoms with Crippen molar-refractivity contribution in [3.63, 3.8) is 0 Å². The van der Waals surface area contributed by atoms with Crippen molar-refractivity contribution in [2.75, 3.05) is 12.3 Å². The molecule has 1 aromatic heterocycles. The van der Waals surface area contributed by atoms with E-state index < -0.39 is 0 Å². The lowest BCUT2D eigenvalue weighted by Gasteiger charge is -2.26. The van der Waals surface area contributed by atoms with Crippen molar-refractivity contribution in [3.8, 4) is 11.3 Å². The molecule has 4 aromatic rings. The molecular weight excluding hydrogens is 423 g/mol. The molecule has 4 nitrogen and oxygen atoms in total. The maximum absolute atomic E-state index is 16.0. The van der Waals surface area contributed by atoms with E-state index in [1.54, 1.807) is 6.07 Å². The number of aryl methyl sites for hydroxylation is 1. The van der Waals surface area contributed by atoms with Crippen molar-refractivity contribution in [3.05, 3.63) is 88.7 Å². The Morgan fingerprint density at radius 2 is 1.79 bits per heavy atom. The zero-order valence-corrected chi connectivity index (χ0v) is 19.6. The minimum absolute atomic E-state index is 0.325. The van der Waals surface area contributed by atoms with Crippen LogP contribution in [-0.4, -0.2) is 23.4 Å².